The van der Waals surface area contributed by atoms with Crippen LogP contribution >= 0.6 is 0 Å². The maximum atomic E-state index is 12.6. The molecule has 0 radical (unpaired) electrons. The van der Waals surface area contributed by atoms with Gasteiger partial charge in [0, 0.05) is 0 Å². The molecule has 0 saturated carbocycles. The Morgan fingerprint density at radius 1 is 0.889 bits per heavy atom. The zero-order chi connectivity index (χ0) is 21.3. The standard InChI is InChI=1S/C17H32N4O6/c1-8(2)6-12(20-14(23)11(18)7-22)15(24)21-13(9(3)4)16(25)19-10(5)17(26)27/h8-13,22H,6-7,18H2,1-5H3,(H,19,25)(H,20,23)(H,21,24)(H,26,27). The second-order valence-electron chi connectivity index (χ2n) is 7.28. The van der Waals surface area contributed by atoms with Crippen molar-refractivity contribution in [3.63, 3.8) is 0 Å². The Morgan fingerprint density at radius 3 is 1.85 bits per heavy atom. The number of carboxylic acids is 1. The van der Waals surface area contributed by atoms with E-state index in [1.54, 1.807) is 13.8 Å². The number of carbonyl (C=O) groups is 4. The number of carbonyl (C=O) groups excluding carboxylic acids is 3. The molecule has 0 aliphatic carbocycles. The molecular formula is C17H32N4O6. The average molecular weight is 388 g/mol. The Hall–Kier alpha value is -2.20. The second kappa shape index (κ2) is 11.5. The topological polar surface area (TPSA) is 171 Å². The molecule has 4 unspecified atom stereocenters. The number of nitrogens with two attached hydrogens (primary N) is 1. The summed E-state index contributed by atoms with van der Waals surface area (Å²) in [5.41, 5.74) is 5.46. The number of aliphatic hydroxyl groups is 1. The summed E-state index contributed by atoms with van der Waals surface area (Å²) < 4.78 is 0. The van der Waals surface area contributed by atoms with Gasteiger partial charge in [-0.05, 0) is 25.2 Å². The van der Waals surface area contributed by atoms with Crippen molar-refractivity contribution < 1.29 is 29.4 Å². The van der Waals surface area contributed by atoms with Gasteiger partial charge in [0.15, 0.2) is 0 Å². The molecule has 0 aromatic heterocycles. The van der Waals surface area contributed by atoms with Crippen LogP contribution in [0.5, 0.6) is 0 Å². The van der Waals surface area contributed by atoms with Crippen molar-refractivity contribution in [2.45, 2.75) is 65.2 Å². The van der Waals surface area contributed by atoms with Gasteiger partial charge in [0.05, 0.1) is 6.61 Å². The van der Waals surface area contributed by atoms with Crippen molar-refractivity contribution in [2.75, 3.05) is 6.61 Å². The predicted molar refractivity (Wildman–Crippen MR) is 98.5 cm³/mol. The van der Waals surface area contributed by atoms with Gasteiger partial charge in [-0.2, -0.15) is 0 Å². The molecule has 0 aromatic carbocycles. The lowest BCUT2D eigenvalue weighted by atomic mass is 9.99. The van der Waals surface area contributed by atoms with Crippen LogP contribution in [0.25, 0.3) is 0 Å². The van der Waals surface area contributed by atoms with E-state index in [0.29, 0.717) is 6.42 Å². The highest BCUT2D eigenvalue weighted by atomic mass is 16.4. The fourth-order valence-electron chi connectivity index (χ4n) is 2.22. The fraction of sp³-hybridized carbons (Fsp3) is 0.765. The van der Waals surface area contributed by atoms with Gasteiger partial charge >= 0.3 is 5.97 Å². The molecule has 0 spiro atoms. The van der Waals surface area contributed by atoms with Gasteiger partial charge in [-0.25, -0.2) is 0 Å². The average Bonchev–Trinajstić information content (AvgIpc) is 2.56. The number of amides is 3. The van der Waals surface area contributed by atoms with Crippen LogP contribution in [0, 0.1) is 11.8 Å². The first-order valence-electron chi connectivity index (χ1n) is 8.91. The van der Waals surface area contributed by atoms with E-state index in [1.807, 2.05) is 13.8 Å². The van der Waals surface area contributed by atoms with Crippen LogP contribution in [0.15, 0.2) is 0 Å². The molecule has 27 heavy (non-hydrogen) atoms. The van der Waals surface area contributed by atoms with E-state index in [1.165, 1.54) is 6.92 Å². The van der Waals surface area contributed by atoms with Crippen molar-refractivity contribution in [3.05, 3.63) is 0 Å². The third-order valence-corrected chi connectivity index (χ3v) is 3.85. The van der Waals surface area contributed by atoms with Crippen molar-refractivity contribution >= 4 is 23.7 Å². The lowest BCUT2D eigenvalue weighted by molar-refractivity contribution is -0.142. The monoisotopic (exact) mass is 388 g/mol. The smallest absolute Gasteiger partial charge is 0.325 e. The molecule has 0 bridgehead atoms. The fourth-order valence-corrected chi connectivity index (χ4v) is 2.22. The lowest BCUT2D eigenvalue weighted by Crippen LogP contribution is -2.58. The maximum Gasteiger partial charge on any atom is 0.325 e. The summed E-state index contributed by atoms with van der Waals surface area (Å²) in [6.07, 6.45) is 0.299. The highest BCUT2D eigenvalue weighted by Gasteiger charge is 2.31. The first-order chi connectivity index (χ1) is 12.4. The molecule has 0 aliphatic heterocycles. The molecule has 0 rings (SSSR count). The minimum Gasteiger partial charge on any atom is -0.480 e. The largest absolute Gasteiger partial charge is 0.480 e. The van der Waals surface area contributed by atoms with Crippen LogP contribution in [0.3, 0.4) is 0 Å². The Morgan fingerprint density at radius 2 is 1.44 bits per heavy atom. The number of hydrogen-bond acceptors (Lipinski definition) is 6. The van der Waals surface area contributed by atoms with E-state index in [4.69, 9.17) is 15.9 Å². The van der Waals surface area contributed by atoms with Crippen LogP contribution in [-0.2, 0) is 19.2 Å². The number of aliphatic hydroxyl groups excluding tert-OH is 1. The SMILES string of the molecule is CC(C)CC(NC(=O)C(N)CO)C(=O)NC(C(=O)NC(C)C(=O)O)C(C)C. The first kappa shape index (κ1) is 24.8. The van der Waals surface area contributed by atoms with Crippen molar-refractivity contribution in [3.8, 4) is 0 Å². The van der Waals surface area contributed by atoms with Crippen LogP contribution in [0.1, 0.15) is 41.0 Å². The molecule has 10 nitrogen and oxygen atoms in total. The van der Waals surface area contributed by atoms with Crippen LogP contribution < -0.4 is 21.7 Å². The molecular weight excluding hydrogens is 356 g/mol. The van der Waals surface area contributed by atoms with Crippen molar-refractivity contribution in [2.24, 2.45) is 17.6 Å². The lowest BCUT2D eigenvalue weighted by Gasteiger charge is -2.27. The van der Waals surface area contributed by atoms with Crippen LogP contribution in [-0.4, -0.2) is 64.7 Å². The Kier molecular flexibility index (Phi) is 10.6. The Labute approximate surface area is 159 Å². The maximum absolute atomic E-state index is 12.6. The minimum absolute atomic E-state index is 0.0600. The zero-order valence-corrected chi connectivity index (χ0v) is 16.5. The highest BCUT2D eigenvalue weighted by molar-refractivity contribution is 5.94. The third-order valence-electron chi connectivity index (χ3n) is 3.85. The summed E-state index contributed by atoms with van der Waals surface area (Å²) in [6.45, 7) is 7.88. The molecule has 0 saturated heterocycles. The van der Waals surface area contributed by atoms with Crippen LogP contribution in [0.2, 0.25) is 0 Å². The van der Waals surface area contributed by atoms with E-state index in [9.17, 15) is 19.2 Å². The molecule has 0 aromatic rings. The van der Waals surface area contributed by atoms with Gasteiger partial charge in [-0.1, -0.05) is 27.7 Å². The minimum atomic E-state index is -1.19. The number of nitrogens with one attached hydrogen (secondary N) is 3. The van der Waals surface area contributed by atoms with Gasteiger partial charge < -0.3 is 31.9 Å². The number of carboxylic acid groups (broad SMARTS) is 1. The highest BCUT2D eigenvalue weighted by Crippen LogP contribution is 2.08. The second-order valence-corrected chi connectivity index (χ2v) is 7.28. The Balaban J connectivity index is 5.23. The third kappa shape index (κ3) is 8.83. The van der Waals surface area contributed by atoms with Gasteiger partial charge in [-0.15, -0.1) is 0 Å². The summed E-state index contributed by atoms with van der Waals surface area (Å²) in [7, 11) is 0. The molecule has 10 heteroatoms. The van der Waals surface area contributed by atoms with Gasteiger partial charge in [-0.3, -0.25) is 19.2 Å². The van der Waals surface area contributed by atoms with E-state index >= 15 is 0 Å². The summed E-state index contributed by atoms with van der Waals surface area (Å²) >= 11 is 0. The number of hydrogen-bond donors (Lipinski definition) is 6. The van der Waals surface area contributed by atoms with Gasteiger partial charge in [0.1, 0.15) is 24.2 Å². The van der Waals surface area contributed by atoms with Gasteiger partial charge in [0.25, 0.3) is 0 Å². The van der Waals surface area contributed by atoms with Crippen molar-refractivity contribution in [1.82, 2.24) is 16.0 Å². The van der Waals surface area contributed by atoms with Crippen LogP contribution in [0.4, 0.5) is 0 Å². The molecule has 0 aliphatic rings. The summed E-state index contributed by atoms with van der Waals surface area (Å²) in [5.74, 6) is -3.34. The predicted octanol–water partition coefficient (Wildman–Crippen LogP) is -1.43. The quantitative estimate of drug-likeness (QED) is 0.252. The molecule has 0 fully saturated rings. The van der Waals surface area contributed by atoms with E-state index in [-0.39, 0.29) is 11.8 Å². The molecule has 4 atom stereocenters. The zero-order valence-electron chi connectivity index (χ0n) is 16.5. The Bertz CT molecular complexity index is 538. The van der Waals surface area contributed by atoms with E-state index < -0.39 is 54.5 Å². The molecule has 0 heterocycles. The van der Waals surface area contributed by atoms with Crippen molar-refractivity contribution in [1.29, 1.82) is 0 Å². The summed E-state index contributed by atoms with van der Waals surface area (Å²) in [6, 6.07) is -4.18. The first-order valence-corrected chi connectivity index (χ1v) is 8.91. The molecule has 7 N–H and O–H groups in total. The van der Waals surface area contributed by atoms with E-state index in [2.05, 4.69) is 16.0 Å². The number of aliphatic carboxylic acids is 1. The summed E-state index contributed by atoms with van der Waals surface area (Å²) in [5, 5.41) is 25.3. The van der Waals surface area contributed by atoms with E-state index in [0.717, 1.165) is 0 Å². The molecule has 156 valence electrons. The van der Waals surface area contributed by atoms with Gasteiger partial charge in [0.2, 0.25) is 17.7 Å². The summed E-state index contributed by atoms with van der Waals surface area (Å²) in [4.78, 5) is 47.8. The normalized spacial score (nSPS) is 15.6. The molecule has 3 amide bonds. The number of rotatable bonds is 11.